The summed E-state index contributed by atoms with van der Waals surface area (Å²) in [5, 5.41) is 1.24. The van der Waals surface area contributed by atoms with E-state index in [9.17, 15) is 0 Å². The molecule has 0 atom stereocenters. The minimum atomic E-state index is 0.448. The van der Waals surface area contributed by atoms with Crippen LogP contribution in [0.1, 0.15) is 130 Å². The third-order valence-corrected chi connectivity index (χ3v) is 13.1. The van der Waals surface area contributed by atoms with Gasteiger partial charge in [0.15, 0.2) is 0 Å². The van der Waals surface area contributed by atoms with E-state index in [-0.39, 0.29) is 0 Å². The Bertz CT molecular complexity index is 2470. The van der Waals surface area contributed by atoms with Crippen LogP contribution in [-0.2, 0) is 0 Å². The first kappa shape index (κ1) is 34.0. The van der Waals surface area contributed by atoms with Gasteiger partial charge in [-0.25, -0.2) is 4.98 Å². The summed E-state index contributed by atoms with van der Waals surface area (Å²) in [4.78, 5) is 18.3. The van der Waals surface area contributed by atoms with Crippen LogP contribution in [0.2, 0.25) is 0 Å². The fraction of sp³-hybridized carbons (Fsp3) is 0.375. The molecule has 4 aromatic heterocycles. The van der Waals surface area contributed by atoms with Crippen molar-refractivity contribution in [1.29, 1.82) is 0 Å². The molecule has 53 heavy (non-hydrogen) atoms. The zero-order chi connectivity index (χ0) is 35.4. The molecule has 3 fully saturated rings. The van der Waals surface area contributed by atoms with Gasteiger partial charge in [-0.05, 0) is 93.0 Å². The summed E-state index contributed by atoms with van der Waals surface area (Å²) in [6.45, 7) is 0. The van der Waals surface area contributed by atoms with E-state index in [1.54, 1.807) is 0 Å². The van der Waals surface area contributed by atoms with Gasteiger partial charge in [0.25, 0.3) is 0 Å². The van der Waals surface area contributed by atoms with Crippen LogP contribution >= 0.6 is 8.20 Å². The largest absolute Gasteiger partial charge is 0.354 e. The van der Waals surface area contributed by atoms with Crippen LogP contribution in [0.15, 0.2) is 66.7 Å². The standard InChI is InChI=1S/C48H49N4P/c1-2-6-14-33(13-5-1)21-23-37-39-25-29-43(49-39)47(35-17-7-3-8-18-35)44-30-26-40(50-44)38(24-22-34-15-11-12-16-34)42-28-32-46(52-42)48(45-31-27-41(37)51-45)53-36-19-9-4-10-20-36/h4,9-10,19-20,25-35,49,51-52H,1-3,5-8,11-18H2. The van der Waals surface area contributed by atoms with E-state index in [0.29, 0.717) is 17.8 Å². The van der Waals surface area contributed by atoms with Crippen LogP contribution in [0.4, 0.5) is 0 Å². The van der Waals surface area contributed by atoms with E-state index in [1.807, 2.05) is 0 Å². The summed E-state index contributed by atoms with van der Waals surface area (Å²) in [6.07, 6.45) is 23.2. The van der Waals surface area contributed by atoms with Crippen molar-refractivity contribution in [3.8, 4) is 23.7 Å². The minimum Gasteiger partial charge on any atom is -0.354 e. The molecule has 1 aliphatic heterocycles. The van der Waals surface area contributed by atoms with Crippen molar-refractivity contribution in [1.82, 2.24) is 19.9 Å². The van der Waals surface area contributed by atoms with E-state index in [0.717, 1.165) is 58.3 Å². The number of aromatic nitrogens is 4. The van der Waals surface area contributed by atoms with Gasteiger partial charge in [0.1, 0.15) is 0 Å². The van der Waals surface area contributed by atoms with Crippen LogP contribution in [0, 0.1) is 40.5 Å². The second kappa shape index (κ2) is 15.7. The van der Waals surface area contributed by atoms with E-state index >= 15 is 0 Å². The van der Waals surface area contributed by atoms with Crippen molar-refractivity contribution in [3.63, 3.8) is 0 Å². The van der Waals surface area contributed by atoms with Gasteiger partial charge in [-0.2, -0.15) is 0 Å². The second-order valence-electron chi connectivity index (χ2n) is 15.6. The SMILES string of the molecule is C(#CC1CCCC1)c1c2nc(c(C3CCCCC3)c3ccc([nH]3)c(C#CC3CCCCCC3)c3ccc([nH]3)c(=Pc3ccccc3)c3ccc1[nH]3)C=C2. The quantitative estimate of drug-likeness (QED) is 0.0934. The average Bonchev–Trinajstić information content (AvgIpc) is 4.05. The van der Waals surface area contributed by atoms with Gasteiger partial charge in [0.05, 0.1) is 50.1 Å². The Morgan fingerprint density at radius 3 is 1.64 bits per heavy atom. The highest BCUT2D eigenvalue weighted by atomic mass is 31.1. The Kier molecular flexibility index (Phi) is 10.1. The highest BCUT2D eigenvalue weighted by Crippen LogP contribution is 2.38. The lowest BCUT2D eigenvalue weighted by molar-refractivity contribution is 0.444. The summed E-state index contributed by atoms with van der Waals surface area (Å²) in [7, 11) is 1.12. The smallest absolute Gasteiger partial charge is 0.0815 e. The van der Waals surface area contributed by atoms with Crippen molar-refractivity contribution < 1.29 is 0 Å². The third-order valence-electron chi connectivity index (χ3n) is 11.9. The van der Waals surface area contributed by atoms with Crippen LogP contribution in [-0.4, -0.2) is 19.9 Å². The van der Waals surface area contributed by atoms with Gasteiger partial charge in [-0.1, -0.05) is 120 Å². The van der Waals surface area contributed by atoms with E-state index in [1.165, 1.54) is 118 Å². The number of nitrogens with zero attached hydrogens (tertiary/aromatic N) is 1. The molecule has 4 nitrogen and oxygen atoms in total. The predicted molar refractivity (Wildman–Crippen MR) is 224 cm³/mol. The zero-order valence-electron chi connectivity index (χ0n) is 30.7. The van der Waals surface area contributed by atoms with Crippen molar-refractivity contribution in [2.75, 3.05) is 0 Å². The van der Waals surface area contributed by atoms with Crippen LogP contribution in [0.3, 0.4) is 0 Å². The van der Waals surface area contributed by atoms with Crippen LogP contribution in [0.5, 0.6) is 0 Å². The number of nitrogens with one attached hydrogen (secondary N) is 3. The maximum absolute atomic E-state index is 5.45. The minimum absolute atomic E-state index is 0.448. The summed E-state index contributed by atoms with van der Waals surface area (Å²) in [5.41, 5.74) is 11.9. The maximum Gasteiger partial charge on any atom is 0.0815 e. The fourth-order valence-corrected chi connectivity index (χ4v) is 10.0. The third kappa shape index (κ3) is 7.54. The number of hydrogen-bond acceptors (Lipinski definition) is 1. The fourth-order valence-electron chi connectivity index (χ4n) is 8.95. The number of H-pyrrole nitrogens is 3. The molecule has 5 heterocycles. The number of benzene rings is 1. The van der Waals surface area contributed by atoms with Crippen molar-refractivity contribution in [2.45, 2.75) is 102 Å². The monoisotopic (exact) mass is 712 g/mol. The number of aromatic amines is 3. The van der Waals surface area contributed by atoms with Crippen molar-refractivity contribution in [2.24, 2.45) is 11.8 Å². The molecular formula is C48H49N4P. The van der Waals surface area contributed by atoms with Crippen LogP contribution in [0.25, 0.3) is 45.3 Å². The molecule has 0 amide bonds. The van der Waals surface area contributed by atoms with Gasteiger partial charge in [0, 0.05) is 33.2 Å². The lowest BCUT2D eigenvalue weighted by atomic mass is 9.83. The Morgan fingerprint density at radius 1 is 0.491 bits per heavy atom. The number of rotatable bonds is 2. The summed E-state index contributed by atoms with van der Waals surface area (Å²) >= 11 is 0. The molecular weight excluding hydrogens is 664 g/mol. The molecule has 4 aliphatic rings. The predicted octanol–water partition coefficient (Wildman–Crippen LogP) is 12.4. The highest BCUT2D eigenvalue weighted by molar-refractivity contribution is 7.39. The molecule has 3 N–H and O–H groups in total. The molecule has 0 spiro atoms. The number of fused-ring (bicyclic) bond motifs is 8. The van der Waals surface area contributed by atoms with Gasteiger partial charge in [-0.3, -0.25) is 0 Å². The second-order valence-corrected chi connectivity index (χ2v) is 16.8. The molecule has 0 radical (unpaired) electrons. The van der Waals surface area contributed by atoms with Gasteiger partial charge < -0.3 is 15.0 Å². The van der Waals surface area contributed by atoms with Crippen molar-refractivity contribution >= 4 is 58.8 Å². The molecule has 1 aromatic carbocycles. The molecule has 8 bridgehead atoms. The normalized spacial score (nSPS) is 18.1. The lowest BCUT2D eigenvalue weighted by Crippen LogP contribution is -2.06. The summed E-state index contributed by atoms with van der Waals surface area (Å²) in [5.74, 6) is 16.3. The first-order valence-electron chi connectivity index (χ1n) is 20.3. The Labute approximate surface area is 315 Å². The lowest BCUT2D eigenvalue weighted by Gasteiger charge is -2.22. The zero-order valence-corrected chi connectivity index (χ0v) is 31.6. The Balaban J connectivity index is 1.36. The first-order chi connectivity index (χ1) is 26.2. The number of hydrogen-bond donors (Lipinski definition) is 3. The van der Waals surface area contributed by atoms with E-state index < -0.39 is 0 Å². The molecule has 3 aliphatic carbocycles. The molecule has 5 aromatic rings. The first-order valence-corrected chi connectivity index (χ1v) is 21.2. The molecule has 5 heteroatoms. The summed E-state index contributed by atoms with van der Waals surface area (Å²) < 4.78 is 0. The van der Waals surface area contributed by atoms with Crippen LogP contribution < -0.4 is 5.30 Å². The van der Waals surface area contributed by atoms with Gasteiger partial charge in [-0.15, -0.1) is 0 Å². The van der Waals surface area contributed by atoms with Gasteiger partial charge >= 0.3 is 0 Å². The van der Waals surface area contributed by atoms with E-state index in [4.69, 9.17) is 4.98 Å². The Hall–Kier alpha value is -4.76. The van der Waals surface area contributed by atoms with E-state index in [2.05, 4.69) is 118 Å². The molecule has 3 saturated carbocycles. The van der Waals surface area contributed by atoms with Crippen molar-refractivity contribution in [3.05, 3.63) is 99.7 Å². The highest BCUT2D eigenvalue weighted by Gasteiger charge is 2.22. The maximum atomic E-state index is 5.45. The molecule has 9 rings (SSSR count). The topological polar surface area (TPSA) is 60.3 Å². The Morgan fingerprint density at radius 2 is 0.981 bits per heavy atom. The molecule has 0 unspecified atom stereocenters. The molecule has 0 saturated heterocycles. The summed E-state index contributed by atoms with van der Waals surface area (Å²) in [6, 6.07) is 24.2. The van der Waals surface area contributed by atoms with Gasteiger partial charge in [0.2, 0.25) is 0 Å². The average molecular weight is 713 g/mol. The molecule has 266 valence electrons.